The van der Waals surface area contributed by atoms with Gasteiger partial charge in [0.15, 0.2) is 6.10 Å². The van der Waals surface area contributed by atoms with Gasteiger partial charge in [0, 0.05) is 0 Å². The summed E-state index contributed by atoms with van der Waals surface area (Å²) in [7, 11) is 0. The van der Waals surface area contributed by atoms with Gasteiger partial charge in [0.2, 0.25) is 5.91 Å². The first-order valence-electron chi connectivity index (χ1n) is 7.28. The summed E-state index contributed by atoms with van der Waals surface area (Å²) in [5.74, 6) is -0.0874. The van der Waals surface area contributed by atoms with Gasteiger partial charge < -0.3 is 10.1 Å². The maximum absolute atomic E-state index is 12.4. The van der Waals surface area contributed by atoms with Crippen molar-refractivity contribution in [3.8, 4) is 5.75 Å². The Morgan fingerprint density at radius 2 is 1.96 bits per heavy atom. The number of para-hydroxylation sites is 2. The Morgan fingerprint density at radius 3 is 2.75 bits per heavy atom. The van der Waals surface area contributed by atoms with Crippen LogP contribution in [0, 0.1) is 0 Å². The van der Waals surface area contributed by atoms with E-state index in [9.17, 15) is 9.59 Å². The normalized spacial score (nSPS) is 16.4. The van der Waals surface area contributed by atoms with Crippen molar-refractivity contribution in [1.82, 2.24) is 0 Å². The molecule has 0 bridgehead atoms. The van der Waals surface area contributed by atoms with Gasteiger partial charge >= 0.3 is 0 Å². The van der Waals surface area contributed by atoms with Crippen molar-refractivity contribution in [3.05, 3.63) is 52.5 Å². The largest absolute Gasteiger partial charge is 0.479 e. The second-order valence-electron chi connectivity index (χ2n) is 5.30. The van der Waals surface area contributed by atoms with Crippen LogP contribution in [0.15, 0.2) is 42.5 Å². The highest BCUT2D eigenvalue weighted by atomic mass is 35.5. The minimum atomic E-state index is -0.651. The van der Waals surface area contributed by atoms with Crippen molar-refractivity contribution in [1.29, 1.82) is 0 Å². The summed E-state index contributed by atoms with van der Waals surface area (Å²) < 4.78 is 5.55. The summed E-state index contributed by atoms with van der Waals surface area (Å²) in [6, 6.07) is 12.0. The first-order chi connectivity index (χ1) is 11.5. The highest BCUT2D eigenvalue weighted by Crippen LogP contribution is 2.34. The summed E-state index contributed by atoms with van der Waals surface area (Å²) in [6.45, 7) is 1.50. The molecule has 1 aliphatic heterocycles. The maximum Gasteiger partial charge on any atom is 0.268 e. The summed E-state index contributed by atoms with van der Waals surface area (Å²) in [5.41, 5.74) is 0.962. The standard InChI is InChI=1S/C17H14Cl2N2O3/c1-10-17(23)21(13-7-2-3-8-14(13)24-10)9-15(22)20-12-6-4-5-11(18)16(12)19/h2-8,10H,9H2,1H3,(H,20,22). The molecule has 5 nitrogen and oxygen atoms in total. The summed E-state index contributed by atoms with van der Waals surface area (Å²) in [5, 5.41) is 3.28. The van der Waals surface area contributed by atoms with Crippen LogP contribution in [0.2, 0.25) is 10.0 Å². The number of amides is 2. The number of anilines is 2. The highest BCUT2D eigenvalue weighted by Gasteiger charge is 2.32. The van der Waals surface area contributed by atoms with Crippen LogP contribution in [-0.2, 0) is 9.59 Å². The highest BCUT2D eigenvalue weighted by molar-refractivity contribution is 6.44. The zero-order valence-corrected chi connectivity index (χ0v) is 14.3. The van der Waals surface area contributed by atoms with E-state index in [4.69, 9.17) is 27.9 Å². The van der Waals surface area contributed by atoms with Crippen LogP contribution < -0.4 is 15.0 Å². The zero-order valence-electron chi connectivity index (χ0n) is 12.8. The van der Waals surface area contributed by atoms with E-state index in [0.717, 1.165) is 0 Å². The topological polar surface area (TPSA) is 58.6 Å². The molecule has 1 unspecified atom stereocenters. The van der Waals surface area contributed by atoms with E-state index in [1.807, 2.05) is 6.07 Å². The number of benzene rings is 2. The van der Waals surface area contributed by atoms with E-state index in [1.165, 1.54) is 4.90 Å². The molecule has 0 fully saturated rings. The molecule has 0 aromatic heterocycles. The Labute approximate surface area is 149 Å². The summed E-state index contributed by atoms with van der Waals surface area (Å²) >= 11 is 12.0. The molecule has 7 heteroatoms. The van der Waals surface area contributed by atoms with Crippen LogP contribution in [0.1, 0.15) is 6.92 Å². The fourth-order valence-electron chi connectivity index (χ4n) is 2.46. The molecule has 2 aromatic rings. The molecule has 1 N–H and O–H groups in total. The van der Waals surface area contributed by atoms with Gasteiger partial charge in [0.1, 0.15) is 12.3 Å². The summed E-state index contributed by atoms with van der Waals surface area (Å²) in [4.78, 5) is 26.1. The number of ether oxygens (including phenoxy) is 1. The van der Waals surface area contributed by atoms with Gasteiger partial charge in [0.05, 0.1) is 21.4 Å². The molecule has 124 valence electrons. The molecule has 0 aliphatic carbocycles. The molecule has 3 rings (SSSR count). The van der Waals surface area contributed by atoms with Gasteiger partial charge in [-0.05, 0) is 31.2 Å². The van der Waals surface area contributed by atoms with Crippen LogP contribution in [0.3, 0.4) is 0 Å². The van der Waals surface area contributed by atoms with Crippen molar-refractivity contribution in [2.45, 2.75) is 13.0 Å². The van der Waals surface area contributed by atoms with Gasteiger partial charge in [-0.1, -0.05) is 41.4 Å². The number of rotatable bonds is 3. The number of hydrogen-bond acceptors (Lipinski definition) is 3. The lowest BCUT2D eigenvalue weighted by Crippen LogP contribution is -2.47. The van der Waals surface area contributed by atoms with Gasteiger partial charge in [0.25, 0.3) is 5.91 Å². The number of hydrogen-bond donors (Lipinski definition) is 1. The second kappa shape index (κ2) is 6.71. The third-order valence-electron chi connectivity index (χ3n) is 3.60. The molecule has 24 heavy (non-hydrogen) atoms. The Morgan fingerprint density at radius 1 is 1.21 bits per heavy atom. The van der Waals surface area contributed by atoms with E-state index in [1.54, 1.807) is 43.3 Å². The maximum atomic E-state index is 12.4. The van der Waals surface area contributed by atoms with E-state index < -0.39 is 6.10 Å². The fourth-order valence-corrected chi connectivity index (χ4v) is 2.80. The lowest BCUT2D eigenvalue weighted by Gasteiger charge is -2.32. The van der Waals surface area contributed by atoms with Crippen LogP contribution in [-0.4, -0.2) is 24.5 Å². The molecule has 0 radical (unpaired) electrons. The Hall–Kier alpha value is -2.24. The van der Waals surface area contributed by atoms with Gasteiger partial charge in [-0.3, -0.25) is 14.5 Å². The first-order valence-corrected chi connectivity index (χ1v) is 8.04. The van der Waals surface area contributed by atoms with E-state index in [0.29, 0.717) is 22.1 Å². The Balaban J connectivity index is 1.81. The SMILES string of the molecule is CC1Oc2ccccc2N(CC(=O)Nc2cccc(Cl)c2Cl)C1=O. The van der Waals surface area contributed by atoms with Gasteiger partial charge in [-0.2, -0.15) is 0 Å². The van der Waals surface area contributed by atoms with Crippen LogP contribution in [0.4, 0.5) is 11.4 Å². The van der Waals surface area contributed by atoms with Crippen molar-refractivity contribution in [3.63, 3.8) is 0 Å². The summed E-state index contributed by atoms with van der Waals surface area (Å²) in [6.07, 6.45) is -0.651. The molecule has 2 aromatic carbocycles. The van der Waals surface area contributed by atoms with E-state index in [2.05, 4.69) is 5.32 Å². The van der Waals surface area contributed by atoms with Crippen LogP contribution in [0.25, 0.3) is 0 Å². The molecular weight excluding hydrogens is 351 g/mol. The lowest BCUT2D eigenvalue weighted by atomic mass is 10.2. The molecule has 0 spiro atoms. The molecule has 1 atom stereocenters. The minimum Gasteiger partial charge on any atom is -0.479 e. The third kappa shape index (κ3) is 3.18. The fraction of sp³-hybridized carbons (Fsp3) is 0.176. The predicted octanol–water partition coefficient (Wildman–Crippen LogP) is 3.75. The van der Waals surface area contributed by atoms with E-state index >= 15 is 0 Å². The van der Waals surface area contributed by atoms with Gasteiger partial charge in [-0.15, -0.1) is 0 Å². The monoisotopic (exact) mass is 364 g/mol. The molecule has 0 saturated carbocycles. The Bertz CT molecular complexity index is 810. The third-order valence-corrected chi connectivity index (χ3v) is 4.42. The minimum absolute atomic E-state index is 0.146. The first kappa shape index (κ1) is 16.6. The molecule has 2 amide bonds. The van der Waals surface area contributed by atoms with Crippen molar-refractivity contribution >= 4 is 46.4 Å². The smallest absolute Gasteiger partial charge is 0.268 e. The van der Waals surface area contributed by atoms with Crippen LogP contribution in [0.5, 0.6) is 5.75 Å². The average Bonchev–Trinajstić information content (AvgIpc) is 2.56. The van der Waals surface area contributed by atoms with Gasteiger partial charge in [-0.25, -0.2) is 0 Å². The Kier molecular flexibility index (Phi) is 4.64. The quantitative estimate of drug-likeness (QED) is 0.902. The second-order valence-corrected chi connectivity index (χ2v) is 6.09. The van der Waals surface area contributed by atoms with Crippen molar-refractivity contribution in [2.24, 2.45) is 0 Å². The molecule has 0 saturated heterocycles. The predicted molar refractivity (Wildman–Crippen MR) is 94.0 cm³/mol. The average molecular weight is 365 g/mol. The number of nitrogens with zero attached hydrogens (tertiary/aromatic N) is 1. The number of carbonyl (C=O) groups is 2. The number of carbonyl (C=O) groups excluding carboxylic acids is 2. The lowest BCUT2D eigenvalue weighted by molar-refractivity contribution is -0.127. The van der Waals surface area contributed by atoms with E-state index in [-0.39, 0.29) is 23.4 Å². The van der Waals surface area contributed by atoms with Crippen LogP contribution >= 0.6 is 23.2 Å². The molecular formula is C17H14Cl2N2O3. The van der Waals surface area contributed by atoms with Crippen molar-refractivity contribution in [2.75, 3.05) is 16.8 Å². The molecule has 1 heterocycles. The van der Waals surface area contributed by atoms with Crippen molar-refractivity contribution < 1.29 is 14.3 Å². The number of nitrogens with one attached hydrogen (secondary N) is 1. The number of halogens is 2. The zero-order chi connectivity index (χ0) is 17.3. The molecule has 1 aliphatic rings. The number of fused-ring (bicyclic) bond motifs is 1.